The number of anilines is 1. The van der Waals surface area contributed by atoms with E-state index in [1.54, 1.807) is 11.3 Å². The van der Waals surface area contributed by atoms with E-state index in [1.165, 1.54) is 4.88 Å². The van der Waals surface area contributed by atoms with Gasteiger partial charge in [0.2, 0.25) is 0 Å². The van der Waals surface area contributed by atoms with Crippen molar-refractivity contribution in [3.8, 4) is 16.5 Å². The van der Waals surface area contributed by atoms with E-state index < -0.39 is 5.97 Å². The summed E-state index contributed by atoms with van der Waals surface area (Å²) in [7, 11) is 2.19. The number of nitrogens with zero attached hydrogens (tertiary/aromatic N) is 3. The van der Waals surface area contributed by atoms with Crippen LogP contribution >= 0.6 is 11.3 Å². The van der Waals surface area contributed by atoms with E-state index in [-0.39, 0.29) is 5.41 Å². The first-order valence-electron chi connectivity index (χ1n) is 11.1. The molecule has 2 atom stereocenters. The number of thiophene rings is 1. The smallest absolute Gasteiger partial charge is 0.337 e. The zero-order chi connectivity index (χ0) is 21.9. The molecule has 6 heteroatoms. The van der Waals surface area contributed by atoms with Crippen molar-refractivity contribution >= 4 is 23.0 Å². The second kappa shape index (κ2) is 7.36. The zero-order valence-electron chi connectivity index (χ0n) is 18.4. The van der Waals surface area contributed by atoms with Gasteiger partial charge in [0.1, 0.15) is 0 Å². The molecule has 1 aromatic carbocycles. The van der Waals surface area contributed by atoms with Crippen LogP contribution in [0.15, 0.2) is 18.2 Å². The molecular weight excluding hydrogens is 406 g/mol. The van der Waals surface area contributed by atoms with Gasteiger partial charge in [-0.3, -0.25) is 0 Å². The molecule has 0 radical (unpaired) electrons. The Kier molecular flexibility index (Phi) is 4.87. The number of likely N-dealkylation sites (tertiary alicyclic amines) is 1. The molecule has 5 nitrogen and oxygen atoms in total. The lowest BCUT2D eigenvalue weighted by molar-refractivity contribution is 0.0696. The molecule has 1 N–H and O–H groups in total. The van der Waals surface area contributed by atoms with Crippen molar-refractivity contribution in [2.24, 2.45) is 17.3 Å². The lowest BCUT2D eigenvalue weighted by atomic mass is 9.76. The van der Waals surface area contributed by atoms with E-state index in [2.05, 4.69) is 36.8 Å². The molecule has 31 heavy (non-hydrogen) atoms. The van der Waals surface area contributed by atoms with E-state index in [0.29, 0.717) is 23.0 Å². The third kappa shape index (κ3) is 3.54. The highest BCUT2D eigenvalue weighted by Crippen LogP contribution is 2.48. The Hall–Kier alpha value is -2.36. The highest BCUT2D eigenvalue weighted by atomic mass is 32.1. The number of carbonyl (C=O) groups is 1. The Morgan fingerprint density at radius 2 is 1.94 bits per heavy atom. The zero-order valence-corrected chi connectivity index (χ0v) is 19.3. The average molecular weight is 436 g/mol. The fourth-order valence-corrected chi connectivity index (χ4v) is 7.16. The van der Waals surface area contributed by atoms with Crippen molar-refractivity contribution in [3.63, 3.8) is 0 Å². The van der Waals surface area contributed by atoms with Crippen molar-refractivity contribution in [1.29, 1.82) is 5.26 Å². The van der Waals surface area contributed by atoms with Crippen LogP contribution < -0.4 is 4.90 Å². The van der Waals surface area contributed by atoms with Crippen LogP contribution in [0, 0.1) is 28.6 Å². The number of carboxylic acids is 1. The maximum atomic E-state index is 12.4. The summed E-state index contributed by atoms with van der Waals surface area (Å²) >= 11 is 1.63. The highest BCUT2D eigenvalue weighted by molar-refractivity contribution is 7.16. The normalized spacial score (nSPS) is 24.6. The highest BCUT2D eigenvalue weighted by Gasteiger charge is 2.40. The van der Waals surface area contributed by atoms with Crippen molar-refractivity contribution in [2.75, 3.05) is 38.1 Å². The van der Waals surface area contributed by atoms with Crippen LogP contribution in [0.3, 0.4) is 0 Å². The minimum Gasteiger partial charge on any atom is -0.478 e. The van der Waals surface area contributed by atoms with Crippen molar-refractivity contribution in [2.45, 2.75) is 33.1 Å². The number of carboxylic acid groups (broad SMARTS) is 1. The van der Waals surface area contributed by atoms with Crippen molar-refractivity contribution in [1.82, 2.24) is 4.90 Å². The van der Waals surface area contributed by atoms with Gasteiger partial charge in [-0.25, -0.2) is 4.79 Å². The van der Waals surface area contributed by atoms with Gasteiger partial charge in [-0.05, 0) is 67.3 Å². The van der Waals surface area contributed by atoms with Crippen LogP contribution in [0.1, 0.15) is 46.6 Å². The van der Waals surface area contributed by atoms with Gasteiger partial charge in [-0.15, -0.1) is 11.3 Å². The van der Waals surface area contributed by atoms with Gasteiger partial charge in [0.15, 0.2) is 0 Å². The number of hydrogen-bond donors (Lipinski definition) is 1. The molecule has 162 valence electrons. The molecule has 2 fully saturated rings. The molecule has 5 rings (SSSR count). The van der Waals surface area contributed by atoms with Crippen LogP contribution in [0.5, 0.6) is 0 Å². The third-order valence-electron chi connectivity index (χ3n) is 7.37. The summed E-state index contributed by atoms with van der Waals surface area (Å²) in [4.78, 5) is 19.3. The van der Waals surface area contributed by atoms with Gasteiger partial charge < -0.3 is 14.9 Å². The molecule has 3 aliphatic rings. The Labute approximate surface area is 187 Å². The fourth-order valence-electron chi connectivity index (χ4n) is 5.82. The molecule has 0 spiro atoms. The molecule has 2 unspecified atom stereocenters. The maximum Gasteiger partial charge on any atom is 0.337 e. The minimum atomic E-state index is -0.849. The quantitative estimate of drug-likeness (QED) is 0.769. The average Bonchev–Trinajstić information content (AvgIpc) is 3.36. The van der Waals surface area contributed by atoms with Crippen LogP contribution in [0.4, 0.5) is 5.69 Å². The summed E-state index contributed by atoms with van der Waals surface area (Å²) in [6.07, 6.45) is 2.81. The summed E-state index contributed by atoms with van der Waals surface area (Å²) < 4.78 is 0. The number of aryl methyl sites for hydroxylation is 1. The summed E-state index contributed by atoms with van der Waals surface area (Å²) in [6, 6.07) is 8.07. The van der Waals surface area contributed by atoms with E-state index in [1.807, 2.05) is 18.2 Å². The van der Waals surface area contributed by atoms with Gasteiger partial charge in [-0.2, -0.15) is 5.26 Å². The molecule has 0 saturated carbocycles. The number of benzene rings is 1. The Bertz CT molecular complexity index is 1080. The lowest BCUT2D eigenvalue weighted by Crippen LogP contribution is -2.27. The summed E-state index contributed by atoms with van der Waals surface area (Å²) in [6.45, 7) is 8.68. The molecule has 2 aromatic rings. The molecular formula is C25H29N3O2S. The number of hydrogen-bond acceptors (Lipinski definition) is 5. The van der Waals surface area contributed by atoms with Crippen LogP contribution in [-0.2, 0) is 12.8 Å². The first-order chi connectivity index (χ1) is 14.8. The maximum absolute atomic E-state index is 12.4. The summed E-state index contributed by atoms with van der Waals surface area (Å²) in [5, 5.41) is 19.8. The monoisotopic (exact) mass is 435 g/mol. The lowest BCUT2D eigenvalue weighted by Gasteiger charge is -2.29. The van der Waals surface area contributed by atoms with Crippen LogP contribution in [0.2, 0.25) is 0 Å². The molecule has 1 aromatic heterocycles. The second-order valence-corrected chi connectivity index (χ2v) is 11.4. The number of nitriles is 1. The molecule has 2 aliphatic heterocycles. The fraction of sp³-hybridized carbons (Fsp3) is 0.520. The Morgan fingerprint density at radius 3 is 2.58 bits per heavy atom. The second-order valence-electron chi connectivity index (χ2n) is 10.3. The van der Waals surface area contributed by atoms with Crippen LogP contribution in [0.25, 0.3) is 10.4 Å². The van der Waals surface area contributed by atoms with Gasteiger partial charge in [-0.1, -0.05) is 13.8 Å². The van der Waals surface area contributed by atoms with Gasteiger partial charge in [0.25, 0.3) is 0 Å². The van der Waals surface area contributed by atoms with Gasteiger partial charge >= 0.3 is 5.97 Å². The largest absolute Gasteiger partial charge is 0.478 e. The summed E-state index contributed by atoms with van der Waals surface area (Å²) in [5.41, 5.74) is 4.17. The van der Waals surface area contributed by atoms with Crippen LogP contribution in [-0.4, -0.2) is 49.2 Å². The molecule has 2 saturated heterocycles. The first kappa shape index (κ1) is 20.5. The number of aromatic carboxylic acids is 1. The topological polar surface area (TPSA) is 67.6 Å². The minimum absolute atomic E-state index is 0.116. The SMILES string of the molecule is CN1CC2CN(c3ccc(C#N)cc3-c3sc4c(c3C(=O)O)CC(C)(C)CC4)CC2C1. The van der Waals surface area contributed by atoms with E-state index >= 15 is 0 Å². The van der Waals surface area contributed by atoms with Crippen molar-refractivity contribution in [3.05, 3.63) is 39.8 Å². The van der Waals surface area contributed by atoms with E-state index in [4.69, 9.17) is 0 Å². The van der Waals surface area contributed by atoms with Gasteiger partial charge in [0, 0.05) is 42.3 Å². The Morgan fingerprint density at radius 1 is 1.23 bits per heavy atom. The van der Waals surface area contributed by atoms with E-state index in [9.17, 15) is 15.2 Å². The molecule has 0 bridgehead atoms. The van der Waals surface area contributed by atoms with Crippen molar-refractivity contribution < 1.29 is 9.90 Å². The molecule has 1 aliphatic carbocycles. The van der Waals surface area contributed by atoms with Gasteiger partial charge in [0.05, 0.1) is 22.1 Å². The Balaban J connectivity index is 1.62. The molecule has 3 heterocycles. The third-order valence-corrected chi connectivity index (χ3v) is 8.69. The standard InChI is InChI=1S/C25H29N3O2S/c1-25(2)7-6-21-19(9-25)22(24(29)30)23(31-21)18-8-15(10-26)4-5-20(18)28-13-16-11-27(3)12-17(16)14-28/h4-5,8,16-17H,6-7,9,11-14H2,1-3H3,(H,29,30). The first-order valence-corrected chi connectivity index (χ1v) is 11.9. The molecule has 0 amide bonds. The van der Waals surface area contributed by atoms with E-state index in [0.717, 1.165) is 67.1 Å². The number of fused-ring (bicyclic) bond motifs is 2. The predicted octanol–water partition coefficient (Wildman–Crippen LogP) is 4.50. The number of rotatable bonds is 3. The summed E-state index contributed by atoms with van der Waals surface area (Å²) in [5.74, 6) is 0.466. The predicted molar refractivity (Wildman–Crippen MR) is 124 cm³/mol.